The standard InChI is InChI=1S/C13H18O3/c1-9(2)15-11(4)16-13(14)12-8-6-5-7-10(12)3/h5-9,11H,1-4H3. The predicted molar refractivity (Wildman–Crippen MR) is 62.3 cm³/mol. The first-order valence-electron chi connectivity index (χ1n) is 5.42. The summed E-state index contributed by atoms with van der Waals surface area (Å²) < 4.78 is 10.5. The number of ether oxygens (including phenoxy) is 2. The third-order valence-electron chi connectivity index (χ3n) is 2.10. The second-order valence-electron chi connectivity index (χ2n) is 3.97. The molecule has 0 aliphatic rings. The van der Waals surface area contributed by atoms with Gasteiger partial charge in [-0.3, -0.25) is 0 Å². The molecule has 1 aromatic rings. The van der Waals surface area contributed by atoms with Crippen LogP contribution in [0.5, 0.6) is 0 Å². The molecule has 0 radical (unpaired) electrons. The van der Waals surface area contributed by atoms with Crippen LogP contribution in [0.3, 0.4) is 0 Å². The van der Waals surface area contributed by atoms with Gasteiger partial charge in [0, 0.05) is 0 Å². The van der Waals surface area contributed by atoms with Crippen molar-refractivity contribution in [2.45, 2.75) is 40.1 Å². The lowest BCUT2D eigenvalue weighted by Crippen LogP contribution is -2.21. The topological polar surface area (TPSA) is 35.5 Å². The van der Waals surface area contributed by atoms with E-state index in [-0.39, 0.29) is 12.1 Å². The summed E-state index contributed by atoms with van der Waals surface area (Å²) in [5.74, 6) is -0.341. The quantitative estimate of drug-likeness (QED) is 0.580. The van der Waals surface area contributed by atoms with Crippen LogP contribution >= 0.6 is 0 Å². The molecular formula is C13H18O3. The Morgan fingerprint density at radius 2 is 1.81 bits per heavy atom. The van der Waals surface area contributed by atoms with Crippen molar-refractivity contribution in [3.8, 4) is 0 Å². The number of carbonyl (C=O) groups is 1. The van der Waals surface area contributed by atoms with Gasteiger partial charge in [0.15, 0.2) is 0 Å². The normalized spacial score (nSPS) is 12.6. The maximum absolute atomic E-state index is 11.8. The van der Waals surface area contributed by atoms with Gasteiger partial charge in [0.25, 0.3) is 0 Å². The average Bonchev–Trinajstić information content (AvgIpc) is 2.16. The Balaban J connectivity index is 2.63. The number of rotatable bonds is 4. The van der Waals surface area contributed by atoms with Gasteiger partial charge in [-0.1, -0.05) is 18.2 Å². The van der Waals surface area contributed by atoms with Gasteiger partial charge in [0.2, 0.25) is 6.29 Å². The molecule has 0 saturated heterocycles. The van der Waals surface area contributed by atoms with Crippen LogP contribution in [0.25, 0.3) is 0 Å². The predicted octanol–water partition coefficient (Wildman–Crippen LogP) is 2.92. The first-order chi connectivity index (χ1) is 7.50. The minimum absolute atomic E-state index is 0.0414. The van der Waals surface area contributed by atoms with E-state index in [0.29, 0.717) is 5.56 Å². The fourth-order valence-corrected chi connectivity index (χ4v) is 1.43. The summed E-state index contributed by atoms with van der Waals surface area (Å²) in [6.45, 7) is 7.40. The summed E-state index contributed by atoms with van der Waals surface area (Å²) in [6, 6.07) is 7.34. The monoisotopic (exact) mass is 222 g/mol. The van der Waals surface area contributed by atoms with Crippen molar-refractivity contribution in [3.63, 3.8) is 0 Å². The highest BCUT2D eigenvalue weighted by molar-refractivity contribution is 5.90. The summed E-state index contributed by atoms with van der Waals surface area (Å²) in [7, 11) is 0. The van der Waals surface area contributed by atoms with E-state index in [9.17, 15) is 4.79 Å². The fraction of sp³-hybridized carbons (Fsp3) is 0.462. The number of hydrogen-bond acceptors (Lipinski definition) is 3. The van der Waals surface area contributed by atoms with Crippen LogP contribution in [-0.2, 0) is 9.47 Å². The highest BCUT2D eigenvalue weighted by Gasteiger charge is 2.14. The van der Waals surface area contributed by atoms with Crippen molar-refractivity contribution in [2.75, 3.05) is 0 Å². The second kappa shape index (κ2) is 5.66. The van der Waals surface area contributed by atoms with Crippen molar-refractivity contribution in [3.05, 3.63) is 35.4 Å². The van der Waals surface area contributed by atoms with E-state index in [0.717, 1.165) is 5.56 Å². The van der Waals surface area contributed by atoms with Crippen molar-refractivity contribution in [1.82, 2.24) is 0 Å². The molecule has 0 aliphatic heterocycles. The fourth-order valence-electron chi connectivity index (χ4n) is 1.43. The molecule has 0 fully saturated rings. The van der Waals surface area contributed by atoms with Gasteiger partial charge >= 0.3 is 5.97 Å². The maximum atomic E-state index is 11.8. The van der Waals surface area contributed by atoms with E-state index in [1.165, 1.54) is 0 Å². The van der Waals surface area contributed by atoms with Gasteiger partial charge in [-0.05, 0) is 39.3 Å². The molecular weight excluding hydrogens is 204 g/mol. The molecule has 0 saturated carbocycles. The smallest absolute Gasteiger partial charge is 0.340 e. The minimum atomic E-state index is -0.521. The van der Waals surface area contributed by atoms with Gasteiger partial charge in [0.05, 0.1) is 11.7 Å². The first-order valence-corrected chi connectivity index (χ1v) is 5.42. The summed E-state index contributed by atoms with van der Waals surface area (Å²) in [5, 5.41) is 0. The molecule has 1 atom stereocenters. The molecule has 3 heteroatoms. The molecule has 88 valence electrons. The summed E-state index contributed by atoms with van der Waals surface area (Å²) in [5.41, 5.74) is 1.49. The van der Waals surface area contributed by atoms with E-state index in [1.54, 1.807) is 13.0 Å². The van der Waals surface area contributed by atoms with Crippen molar-refractivity contribution in [1.29, 1.82) is 0 Å². The van der Waals surface area contributed by atoms with Crippen LogP contribution in [-0.4, -0.2) is 18.4 Å². The summed E-state index contributed by atoms with van der Waals surface area (Å²) in [6.07, 6.45) is -0.480. The van der Waals surface area contributed by atoms with E-state index >= 15 is 0 Å². The maximum Gasteiger partial charge on any atom is 0.340 e. The lowest BCUT2D eigenvalue weighted by molar-refractivity contribution is -0.120. The van der Waals surface area contributed by atoms with E-state index in [1.807, 2.05) is 39.0 Å². The van der Waals surface area contributed by atoms with Crippen molar-refractivity contribution < 1.29 is 14.3 Å². The van der Waals surface area contributed by atoms with Crippen molar-refractivity contribution in [2.24, 2.45) is 0 Å². The van der Waals surface area contributed by atoms with Crippen LogP contribution in [0.4, 0.5) is 0 Å². The molecule has 0 aromatic heterocycles. The molecule has 0 amide bonds. The van der Waals surface area contributed by atoms with Gasteiger partial charge in [-0.15, -0.1) is 0 Å². The Hall–Kier alpha value is -1.35. The molecule has 1 unspecified atom stereocenters. The molecule has 0 spiro atoms. The second-order valence-corrected chi connectivity index (χ2v) is 3.97. The Bertz CT molecular complexity index is 358. The zero-order valence-corrected chi connectivity index (χ0v) is 10.2. The van der Waals surface area contributed by atoms with Crippen LogP contribution in [0.15, 0.2) is 24.3 Å². The molecule has 1 aromatic carbocycles. The number of carbonyl (C=O) groups excluding carboxylic acids is 1. The van der Waals surface area contributed by atoms with Crippen LogP contribution in [0.1, 0.15) is 36.7 Å². The lowest BCUT2D eigenvalue weighted by Gasteiger charge is -2.17. The summed E-state index contributed by atoms with van der Waals surface area (Å²) in [4.78, 5) is 11.8. The number of benzene rings is 1. The minimum Gasteiger partial charge on any atom is -0.432 e. The molecule has 0 heterocycles. The van der Waals surface area contributed by atoms with Gasteiger partial charge < -0.3 is 9.47 Å². The zero-order valence-electron chi connectivity index (χ0n) is 10.2. The largest absolute Gasteiger partial charge is 0.432 e. The van der Waals surface area contributed by atoms with Crippen LogP contribution in [0, 0.1) is 6.92 Å². The average molecular weight is 222 g/mol. The highest BCUT2D eigenvalue weighted by atomic mass is 16.7. The van der Waals surface area contributed by atoms with Crippen LogP contribution in [0.2, 0.25) is 0 Å². The Morgan fingerprint density at radius 3 is 2.38 bits per heavy atom. The number of hydrogen-bond donors (Lipinski definition) is 0. The van der Waals surface area contributed by atoms with Crippen LogP contribution < -0.4 is 0 Å². The number of aryl methyl sites for hydroxylation is 1. The zero-order chi connectivity index (χ0) is 12.1. The SMILES string of the molecule is Cc1ccccc1C(=O)OC(C)OC(C)C. The summed E-state index contributed by atoms with van der Waals surface area (Å²) >= 11 is 0. The Morgan fingerprint density at radius 1 is 1.19 bits per heavy atom. The third kappa shape index (κ3) is 3.66. The third-order valence-corrected chi connectivity index (χ3v) is 2.10. The number of esters is 1. The molecule has 0 N–H and O–H groups in total. The lowest BCUT2D eigenvalue weighted by atomic mass is 10.1. The van der Waals surface area contributed by atoms with E-state index < -0.39 is 6.29 Å². The molecule has 0 bridgehead atoms. The molecule has 16 heavy (non-hydrogen) atoms. The van der Waals surface area contributed by atoms with Gasteiger partial charge in [-0.25, -0.2) is 4.79 Å². The Kier molecular flexibility index (Phi) is 4.50. The van der Waals surface area contributed by atoms with E-state index in [4.69, 9.17) is 9.47 Å². The molecule has 3 nitrogen and oxygen atoms in total. The van der Waals surface area contributed by atoms with Crippen molar-refractivity contribution >= 4 is 5.97 Å². The molecule has 0 aliphatic carbocycles. The highest BCUT2D eigenvalue weighted by Crippen LogP contribution is 2.10. The van der Waals surface area contributed by atoms with Gasteiger partial charge in [0.1, 0.15) is 0 Å². The molecule has 1 rings (SSSR count). The Labute approximate surface area is 96.4 Å². The van der Waals surface area contributed by atoms with E-state index in [2.05, 4.69) is 0 Å². The first kappa shape index (κ1) is 12.7. The van der Waals surface area contributed by atoms with Gasteiger partial charge in [-0.2, -0.15) is 0 Å².